The van der Waals surface area contributed by atoms with Gasteiger partial charge in [0.15, 0.2) is 12.6 Å². The van der Waals surface area contributed by atoms with Gasteiger partial charge >= 0.3 is 5.97 Å². The molecule has 0 spiro atoms. The number of allylic oxidation sites excluding steroid dienone is 16. The maximum atomic E-state index is 13.1. The molecule has 2 fully saturated rings. The number of aliphatic hydroxyl groups excluding tert-OH is 7. The molecule has 2 rings (SSSR count). The minimum Gasteiger partial charge on any atom is -0.457 e. The summed E-state index contributed by atoms with van der Waals surface area (Å²) in [6.07, 6.45) is 57.7. The lowest BCUT2D eigenvalue weighted by molar-refractivity contribution is -0.332. The van der Waals surface area contributed by atoms with Crippen LogP contribution in [0.5, 0.6) is 0 Å². The van der Waals surface area contributed by atoms with Gasteiger partial charge in [-0.15, -0.1) is 0 Å². The zero-order valence-corrected chi connectivity index (χ0v) is 51.7. The van der Waals surface area contributed by atoms with Crippen LogP contribution >= 0.6 is 0 Å². The Morgan fingerprint density at radius 2 is 0.783 bits per heavy atom. The molecule has 0 bridgehead atoms. The number of rotatable bonds is 53. The van der Waals surface area contributed by atoms with Crippen molar-refractivity contribution < 1.29 is 69.0 Å². The number of hydrogen-bond acceptors (Lipinski definition) is 14. The Kier molecular flexibility index (Phi) is 49.7. The molecule has 2 heterocycles. The molecular formula is C69H118O14. The average molecular weight is 1170 g/mol. The van der Waals surface area contributed by atoms with Crippen LogP contribution in [0.4, 0.5) is 0 Å². The molecular weight excluding hydrogens is 1050 g/mol. The summed E-state index contributed by atoms with van der Waals surface area (Å²) in [7, 11) is 0. The summed E-state index contributed by atoms with van der Waals surface area (Å²) in [6, 6.07) is 0. The maximum Gasteiger partial charge on any atom is 0.306 e. The highest BCUT2D eigenvalue weighted by molar-refractivity contribution is 5.69. The van der Waals surface area contributed by atoms with Gasteiger partial charge in [-0.05, 0) is 96.3 Å². The first-order chi connectivity index (χ1) is 40.6. The molecule has 0 aromatic rings. The summed E-state index contributed by atoms with van der Waals surface area (Å²) < 4.78 is 34.4. The Bertz CT molecular complexity index is 1740. The fourth-order valence-electron chi connectivity index (χ4n) is 9.85. The maximum absolute atomic E-state index is 13.1. The van der Waals surface area contributed by atoms with E-state index in [0.29, 0.717) is 13.0 Å². The Morgan fingerprint density at radius 1 is 0.410 bits per heavy atom. The van der Waals surface area contributed by atoms with Crippen molar-refractivity contribution in [3.63, 3.8) is 0 Å². The summed E-state index contributed by atoms with van der Waals surface area (Å²) in [4.78, 5) is 13.1. The van der Waals surface area contributed by atoms with E-state index in [9.17, 15) is 40.5 Å². The minimum atomic E-state index is -1.72. The van der Waals surface area contributed by atoms with E-state index in [1.54, 1.807) is 0 Å². The zero-order valence-electron chi connectivity index (χ0n) is 51.7. The number of hydrogen-bond donors (Lipinski definition) is 7. The third kappa shape index (κ3) is 40.1. The van der Waals surface area contributed by atoms with Crippen molar-refractivity contribution >= 4 is 5.97 Å². The third-order valence-electron chi connectivity index (χ3n) is 15.1. The van der Waals surface area contributed by atoms with E-state index in [0.717, 1.165) is 83.5 Å². The van der Waals surface area contributed by atoms with Crippen LogP contribution in [0, 0.1) is 0 Å². The lowest BCUT2D eigenvalue weighted by Gasteiger charge is -2.42. The molecule has 2 aliphatic heterocycles. The molecule has 0 aromatic heterocycles. The van der Waals surface area contributed by atoms with Gasteiger partial charge < -0.3 is 64.2 Å². The van der Waals surface area contributed by atoms with Crippen LogP contribution in [0.3, 0.4) is 0 Å². The van der Waals surface area contributed by atoms with Crippen LogP contribution in [0.25, 0.3) is 0 Å². The number of unbranched alkanes of at least 4 members (excludes halogenated alkanes) is 23. The highest BCUT2D eigenvalue weighted by atomic mass is 16.7. The van der Waals surface area contributed by atoms with Gasteiger partial charge in [0.1, 0.15) is 54.9 Å². The first kappa shape index (κ1) is 76.0. The van der Waals surface area contributed by atoms with Crippen molar-refractivity contribution in [2.75, 3.05) is 33.0 Å². The van der Waals surface area contributed by atoms with E-state index in [2.05, 4.69) is 111 Å². The van der Waals surface area contributed by atoms with Crippen LogP contribution in [0.2, 0.25) is 0 Å². The molecule has 0 aromatic carbocycles. The molecule has 14 nitrogen and oxygen atoms in total. The van der Waals surface area contributed by atoms with E-state index in [1.165, 1.54) is 122 Å². The van der Waals surface area contributed by atoms with Crippen LogP contribution in [-0.4, -0.2) is 142 Å². The SMILES string of the molecule is CC/C=C\C/C=C\C/C=C\C/C=C\C/C=C\C/C=C\C/C=C\CCCCOCC(COC1OC(COC2OC(CO)C(O)C(O)C2O)C(O)C(O)C1O)OC(=O)CCCCCCCCCCCCCCC/C=C\CCCCCCCCCC. The second-order valence-electron chi connectivity index (χ2n) is 22.6. The molecule has 83 heavy (non-hydrogen) atoms. The molecule has 0 saturated carbocycles. The summed E-state index contributed by atoms with van der Waals surface area (Å²) >= 11 is 0. The van der Waals surface area contributed by atoms with E-state index < -0.39 is 86.7 Å². The molecule has 11 unspecified atom stereocenters. The van der Waals surface area contributed by atoms with Gasteiger partial charge in [0.25, 0.3) is 0 Å². The molecule has 14 heteroatoms. The van der Waals surface area contributed by atoms with Gasteiger partial charge in [0.2, 0.25) is 0 Å². The average Bonchev–Trinajstić information content (AvgIpc) is 3.67. The fraction of sp³-hybridized carbons (Fsp3) is 0.754. The number of carbonyl (C=O) groups excluding carboxylic acids is 1. The number of ether oxygens (including phenoxy) is 6. The van der Waals surface area contributed by atoms with Gasteiger partial charge in [-0.1, -0.05) is 227 Å². The predicted octanol–water partition coefficient (Wildman–Crippen LogP) is 13.3. The zero-order chi connectivity index (χ0) is 60.1. The predicted molar refractivity (Wildman–Crippen MR) is 334 cm³/mol. The van der Waals surface area contributed by atoms with Crippen LogP contribution in [0.15, 0.2) is 97.2 Å². The van der Waals surface area contributed by atoms with Crippen molar-refractivity contribution in [2.24, 2.45) is 0 Å². The van der Waals surface area contributed by atoms with E-state index >= 15 is 0 Å². The first-order valence-electron chi connectivity index (χ1n) is 32.8. The third-order valence-corrected chi connectivity index (χ3v) is 15.1. The van der Waals surface area contributed by atoms with Crippen molar-refractivity contribution in [1.82, 2.24) is 0 Å². The molecule has 2 aliphatic rings. The first-order valence-corrected chi connectivity index (χ1v) is 32.8. The highest BCUT2D eigenvalue weighted by Gasteiger charge is 2.47. The van der Waals surface area contributed by atoms with Crippen molar-refractivity contribution in [2.45, 2.75) is 300 Å². The second-order valence-corrected chi connectivity index (χ2v) is 22.6. The minimum absolute atomic E-state index is 0.0268. The molecule has 2 saturated heterocycles. The van der Waals surface area contributed by atoms with Crippen molar-refractivity contribution in [1.29, 1.82) is 0 Å². The molecule has 478 valence electrons. The van der Waals surface area contributed by atoms with E-state index in [1.807, 2.05) is 0 Å². The van der Waals surface area contributed by atoms with Gasteiger partial charge in [-0.2, -0.15) is 0 Å². The largest absolute Gasteiger partial charge is 0.457 e. The Morgan fingerprint density at radius 3 is 1.24 bits per heavy atom. The molecule has 0 amide bonds. The van der Waals surface area contributed by atoms with E-state index in [-0.39, 0.29) is 19.6 Å². The summed E-state index contributed by atoms with van der Waals surface area (Å²) in [5, 5.41) is 72.5. The molecule has 0 aliphatic carbocycles. The quantitative estimate of drug-likeness (QED) is 0.0172. The Balaban J connectivity index is 1.69. The van der Waals surface area contributed by atoms with Crippen LogP contribution < -0.4 is 0 Å². The molecule has 0 radical (unpaired) electrons. The number of esters is 1. The number of carbonyl (C=O) groups is 1. The lowest BCUT2D eigenvalue weighted by Crippen LogP contribution is -2.61. The summed E-state index contributed by atoms with van der Waals surface area (Å²) in [6.45, 7) is 3.48. The summed E-state index contributed by atoms with van der Waals surface area (Å²) in [5.74, 6) is -0.392. The highest BCUT2D eigenvalue weighted by Crippen LogP contribution is 2.27. The van der Waals surface area contributed by atoms with Crippen molar-refractivity contribution in [3.8, 4) is 0 Å². The van der Waals surface area contributed by atoms with Gasteiger partial charge in [-0.25, -0.2) is 0 Å². The van der Waals surface area contributed by atoms with Crippen molar-refractivity contribution in [3.05, 3.63) is 97.2 Å². The smallest absolute Gasteiger partial charge is 0.306 e. The lowest BCUT2D eigenvalue weighted by atomic mass is 9.98. The van der Waals surface area contributed by atoms with Gasteiger partial charge in [-0.3, -0.25) is 4.79 Å². The Labute approximate surface area is 502 Å². The van der Waals surface area contributed by atoms with Gasteiger partial charge in [0.05, 0.1) is 26.4 Å². The normalized spacial score (nSPS) is 24.1. The molecule has 7 N–H and O–H groups in total. The molecule has 11 atom stereocenters. The topological polar surface area (TPSA) is 214 Å². The monoisotopic (exact) mass is 1170 g/mol. The summed E-state index contributed by atoms with van der Waals surface area (Å²) in [5.41, 5.74) is 0. The second kappa shape index (κ2) is 54.3. The van der Waals surface area contributed by atoms with Gasteiger partial charge in [0, 0.05) is 13.0 Å². The number of aliphatic hydroxyl groups is 7. The Hall–Kier alpha value is -3.09. The van der Waals surface area contributed by atoms with Crippen LogP contribution in [0.1, 0.15) is 232 Å². The van der Waals surface area contributed by atoms with Crippen LogP contribution in [-0.2, 0) is 33.2 Å². The fourth-order valence-corrected chi connectivity index (χ4v) is 9.85. The standard InChI is InChI=1S/C69H118O14/c1-3-5-7-9-11-13-15-17-19-21-23-25-27-29-30-32-34-36-38-40-42-44-46-48-50-52-61(71)81-58(56-79-68-67(77)65(75)63(73)60(83-68)57-80-69-66(76)64(74)62(72)59(54-70)82-69)55-78-53-51-49-47-45-43-41-39-37-35-33-31-28-26-24-22-20-18-16-14-12-10-8-6-4-2/h6,8,12,14,18,20-21,23-24,26,31,33,37,39,43,45,58-60,62-70,72-77H,3-5,7,9-11,13,15-17,19,22,25,27-30,32,34-36,38,40-42,44,46-57H2,1-2H3/b8-6-,14-12-,20-18-,23-21-,26-24-,33-31-,39-37-,45-43-. The van der Waals surface area contributed by atoms with E-state index in [4.69, 9.17) is 28.4 Å².